The van der Waals surface area contributed by atoms with Crippen LogP contribution in [0.3, 0.4) is 0 Å². The highest BCUT2D eigenvalue weighted by Crippen LogP contribution is 2.23. The van der Waals surface area contributed by atoms with Gasteiger partial charge in [-0.15, -0.1) is 0 Å². The van der Waals surface area contributed by atoms with E-state index in [1.165, 1.54) is 12.8 Å². The first-order valence-corrected chi connectivity index (χ1v) is 6.35. The first-order valence-electron chi connectivity index (χ1n) is 6.35. The van der Waals surface area contributed by atoms with Crippen molar-refractivity contribution in [2.75, 3.05) is 24.5 Å². The molecule has 0 spiro atoms. The molecule has 0 saturated carbocycles. The molecule has 1 saturated heterocycles. The van der Waals surface area contributed by atoms with E-state index < -0.39 is 0 Å². The van der Waals surface area contributed by atoms with E-state index in [0.717, 1.165) is 32.1 Å². The van der Waals surface area contributed by atoms with Crippen molar-refractivity contribution in [1.29, 1.82) is 0 Å². The summed E-state index contributed by atoms with van der Waals surface area (Å²) in [5, 5.41) is 3.44. The Morgan fingerprint density at radius 1 is 1.50 bits per heavy atom. The number of imidazole rings is 1. The van der Waals surface area contributed by atoms with Gasteiger partial charge in [0.1, 0.15) is 0 Å². The summed E-state index contributed by atoms with van der Waals surface area (Å²) in [5.41, 5.74) is 0. The number of likely N-dealkylation sites (N-methyl/N-ethyl adjacent to an activating group) is 1. The van der Waals surface area contributed by atoms with Crippen molar-refractivity contribution in [3.05, 3.63) is 12.4 Å². The van der Waals surface area contributed by atoms with E-state index >= 15 is 0 Å². The van der Waals surface area contributed by atoms with Gasteiger partial charge in [-0.2, -0.15) is 0 Å². The van der Waals surface area contributed by atoms with Crippen LogP contribution >= 0.6 is 0 Å². The molecule has 16 heavy (non-hydrogen) atoms. The van der Waals surface area contributed by atoms with Crippen molar-refractivity contribution in [1.82, 2.24) is 14.9 Å². The Morgan fingerprint density at radius 3 is 3.12 bits per heavy atom. The Labute approximate surface area is 97.7 Å². The minimum Gasteiger partial charge on any atom is -0.338 e. The van der Waals surface area contributed by atoms with Crippen molar-refractivity contribution < 1.29 is 0 Å². The first-order chi connectivity index (χ1) is 7.86. The van der Waals surface area contributed by atoms with Gasteiger partial charge in [-0.3, -0.25) is 0 Å². The lowest BCUT2D eigenvalue weighted by Crippen LogP contribution is -2.39. The molecule has 90 valence electrons. The van der Waals surface area contributed by atoms with Crippen molar-refractivity contribution in [3.63, 3.8) is 0 Å². The third-order valence-corrected chi connectivity index (χ3v) is 3.30. The van der Waals surface area contributed by atoms with Crippen LogP contribution in [0.5, 0.6) is 0 Å². The number of aromatic nitrogens is 2. The zero-order valence-electron chi connectivity index (χ0n) is 10.3. The summed E-state index contributed by atoms with van der Waals surface area (Å²) < 4.78 is 2.23. The van der Waals surface area contributed by atoms with Crippen molar-refractivity contribution in [2.45, 2.75) is 39.3 Å². The summed E-state index contributed by atoms with van der Waals surface area (Å²) in [7, 11) is 0. The molecule has 0 aliphatic carbocycles. The topological polar surface area (TPSA) is 33.1 Å². The Morgan fingerprint density at radius 2 is 2.38 bits per heavy atom. The van der Waals surface area contributed by atoms with E-state index in [1.807, 2.05) is 6.20 Å². The van der Waals surface area contributed by atoms with Gasteiger partial charge in [-0.05, 0) is 26.3 Å². The Bertz CT molecular complexity index is 321. The molecule has 0 radical (unpaired) electrons. The van der Waals surface area contributed by atoms with Crippen molar-refractivity contribution in [2.24, 2.45) is 0 Å². The molecule has 1 N–H and O–H groups in total. The zero-order chi connectivity index (χ0) is 11.4. The number of aryl methyl sites for hydroxylation is 1. The molecule has 4 nitrogen and oxygen atoms in total. The average Bonchev–Trinajstić information content (AvgIpc) is 2.93. The van der Waals surface area contributed by atoms with Crippen LogP contribution in [0, 0.1) is 0 Å². The molecular formula is C12H22N4. The number of nitrogens with zero attached hydrogens (tertiary/aromatic N) is 3. The smallest absolute Gasteiger partial charge is 0.205 e. The Balaban J connectivity index is 2.07. The lowest BCUT2D eigenvalue weighted by molar-refractivity contribution is 0.572. The van der Waals surface area contributed by atoms with Gasteiger partial charge in [0.05, 0.1) is 0 Å². The largest absolute Gasteiger partial charge is 0.338 e. The minimum atomic E-state index is 0.618. The van der Waals surface area contributed by atoms with Crippen LogP contribution in [0.25, 0.3) is 0 Å². The van der Waals surface area contributed by atoms with Crippen LogP contribution in [0.15, 0.2) is 12.4 Å². The summed E-state index contributed by atoms with van der Waals surface area (Å²) in [5.74, 6) is 1.14. The number of anilines is 1. The van der Waals surface area contributed by atoms with Crippen LogP contribution < -0.4 is 10.2 Å². The molecule has 1 aliphatic rings. The predicted molar refractivity (Wildman–Crippen MR) is 66.8 cm³/mol. The van der Waals surface area contributed by atoms with Gasteiger partial charge in [0.25, 0.3) is 0 Å². The second-order valence-corrected chi connectivity index (χ2v) is 4.31. The van der Waals surface area contributed by atoms with Gasteiger partial charge in [-0.1, -0.05) is 6.92 Å². The van der Waals surface area contributed by atoms with Crippen LogP contribution in [0.2, 0.25) is 0 Å². The normalized spacial score (nSPS) is 20.6. The van der Waals surface area contributed by atoms with Crippen LogP contribution in [0.1, 0.15) is 26.7 Å². The third-order valence-electron chi connectivity index (χ3n) is 3.30. The monoisotopic (exact) mass is 222 g/mol. The highest BCUT2D eigenvalue weighted by Gasteiger charge is 2.26. The summed E-state index contributed by atoms with van der Waals surface area (Å²) in [6.45, 7) is 8.60. The molecule has 0 amide bonds. The first kappa shape index (κ1) is 11.5. The predicted octanol–water partition coefficient (Wildman–Crippen LogP) is 1.48. The van der Waals surface area contributed by atoms with Gasteiger partial charge in [0.2, 0.25) is 5.95 Å². The highest BCUT2D eigenvalue weighted by atomic mass is 15.3. The number of hydrogen-bond donors (Lipinski definition) is 1. The van der Waals surface area contributed by atoms with Gasteiger partial charge in [0.15, 0.2) is 0 Å². The Hall–Kier alpha value is -1.03. The Kier molecular flexibility index (Phi) is 3.83. The zero-order valence-corrected chi connectivity index (χ0v) is 10.3. The van der Waals surface area contributed by atoms with Crippen LogP contribution in [0.4, 0.5) is 5.95 Å². The maximum absolute atomic E-state index is 4.49. The summed E-state index contributed by atoms with van der Waals surface area (Å²) in [6.07, 6.45) is 6.54. The van der Waals surface area contributed by atoms with Gasteiger partial charge in [0, 0.05) is 38.1 Å². The molecule has 1 atom stereocenters. The fourth-order valence-corrected chi connectivity index (χ4v) is 2.43. The standard InChI is InChI=1S/C12H22N4/c1-3-13-10-11-6-5-8-16(11)12-14-7-9-15(12)4-2/h7,9,11,13H,3-6,8,10H2,1-2H3. The quantitative estimate of drug-likeness (QED) is 0.819. The second-order valence-electron chi connectivity index (χ2n) is 4.31. The molecule has 2 rings (SSSR count). The summed E-state index contributed by atoms with van der Waals surface area (Å²) in [6, 6.07) is 0.618. The van der Waals surface area contributed by atoms with Crippen molar-refractivity contribution >= 4 is 5.95 Å². The number of rotatable bonds is 5. The molecule has 1 aromatic heterocycles. The molecule has 1 aliphatic heterocycles. The van der Waals surface area contributed by atoms with E-state index in [1.54, 1.807) is 0 Å². The van der Waals surface area contributed by atoms with Gasteiger partial charge in [-0.25, -0.2) is 4.98 Å². The molecular weight excluding hydrogens is 200 g/mol. The van der Waals surface area contributed by atoms with E-state index in [2.05, 4.69) is 39.8 Å². The molecule has 1 fully saturated rings. The molecule has 1 unspecified atom stereocenters. The summed E-state index contributed by atoms with van der Waals surface area (Å²) >= 11 is 0. The fraction of sp³-hybridized carbons (Fsp3) is 0.750. The maximum atomic E-state index is 4.49. The lowest BCUT2D eigenvalue weighted by Gasteiger charge is -2.26. The minimum absolute atomic E-state index is 0.618. The third kappa shape index (κ3) is 2.21. The van der Waals surface area contributed by atoms with Crippen molar-refractivity contribution in [3.8, 4) is 0 Å². The number of hydrogen-bond acceptors (Lipinski definition) is 3. The molecule has 0 bridgehead atoms. The van der Waals surface area contributed by atoms with E-state index in [0.29, 0.717) is 6.04 Å². The van der Waals surface area contributed by atoms with Gasteiger partial charge >= 0.3 is 0 Å². The molecule has 1 aromatic rings. The van der Waals surface area contributed by atoms with Crippen LogP contribution in [-0.4, -0.2) is 35.2 Å². The van der Waals surface area contributed by atoms with E-state index in [9.17, 15) is 0 Å². The summed E-state index contributed by atoms with van der Waals surface area (Å²) in [4.78, 5) is 6.94. The fourth-order valence-electron chi connectivity index (χ4n) is 2.43. The average molecular weight is 222 g/mol. The molecule has 2 heterocycles. The lowest BCUT2D eigenvalue weighted by atomic mass is 10.2. The second kappa shape index (κ2) is 5.34. The highest BCUT2D eigenvalue weighted by molar-refractivity contribution is 5.35. The van der Waals surface area contributed by atoms with E-state index in [4.69, 9.17) is 0 Å². The molecule has 4 heteroatoms. The number of nitrogens with one attached hydrogen (secondary N) is 1. The SMILES string of the molecule is CCNCC1CCCN1c1nccn1CC. The maximum Gasteiger partial charge on any atom is 0.205 e. The molecule has 0 aromatic carbocycles. The van der Waals surface area contributed by atoms with Gasteiger partial charge < -0.3 is 14.8 Å². The van der Waals surface area contributed by atoms with Crippen LogP contribution in [-0.2, 0) is 6.54 Å². The van der Waals surface area contributed by atoms with E-state index in [-0.39, 0.29) is 0 Å².